The second-order valence-electron chi connectivity index (χ2n) is 7.33. The standard InChI is InChI=1S/C18H26N4O8/c1-9(16(26)22-8-2-3-12(22)17(27)28)30-18(29)11(4-6-13(19)23)21-15(25)10-5-7-14(24)20-10/h9-12H,2-8H2,1H3,(H2,19,23)(H,20,24)(H,21,25)(H,27,28)/t9-,10-,11-,12-/m0/s1. The maximum atomic E-state index is 12.6. The molecule has 166 valence electrons. The van der Waals surface area contributed by atoms with Crippen molar-refractivity contribution in [2.45, 2.75) is 69.7 Å². The molecule has 2 fully saturated rings. The van der Waals surface area contributed by atoms with Crippen molar-refractivity contribution >= 4 is 35.6 Å². The van der Waals surface area contributed by atoms with Crippen LogP contribution >= 0.6 is 0 Å². The summed E-state index contributed by atoms with van der Waals surface area (Å²) in [7, 11) is 0. The number of aliphatic carboxylic acids is 1. The Balaban J connectivity index is 2.00. The first kappa shape index (κ1) is 23.1. The zero-order valence-electron chi connectivity index (χ0n) is 16.6. The fourth-order valence-corrected chi connectivity index (χ4v) is 3.45. The average molecular weight is 426 g/mol. The van der Waals surface area contributed by atoms with E-state index in [0.717, 1.165) is 4.90 Å². The van der Waals surface area contributed by atoms with E-state index in [0.29, 0.717) is 12.8 Å². The van der Waals surface area contributed by atoms with Crippen LogP contribution < -0.4 is 16.4 Å². The SMILES string of the molecule is C[C@H](OC(=O)[C@H](CCC(N)=O)NC(=O)[C@@H]1CCC(=O)N1)C(=O)N1CCC[C@H]1C(=O)O. The molecule has 5 N–H and O–H groups in total. The van der Waals surface area contributed by atoms with Crippen LogP contribution in [0.25, 0.3) is 0 Å². The number of carbonyl (C=O) groups excluding carboxylic acids is 5. The van der Waals surface area contributed by atoms with Crippen LogP contribution in [-0.4, -0.2) is 76.3 Å². The highest BCUT2D eigenvalue weighted by atomic mass is 16.5. The van der Waals surface area contributed by atoms with Crippen LogP contribution in [0.1, 0.15) is 45.4 Å². The molecular weight excluding hydrogens is 400 g/mol. The van der Waals surface area contributed by atoms with Gasteiger partial charge in [0.25, 0.3) is 5.91 Å². The van der Waals surface area contributed by atoms with E-state index in [1.54, 1.807) is 0 Å². The average Bonchev–Trinajstić information content (AvgIpc) is 3.33. The van der Waals surface area contributed by atoms with Gasteiger partial charge in [0.15, 0.2) is 6.10 Å². The number of hydrogen-bond acceptors (Lipinski definition) is 7. The van der Waals surface area contributed by atoms with Gasteiger partial charge in [0.05, 0.1) is 0 Å². The molecular formula is C18H26N4O8. The molecule has 4 atom stereocenters. The zero-order valence-corrected chi connectivity index (χ0v) is 16.6. The summed E-state index contributed by atoms with van der Waals surface area (Å²) >= 11 is 0. The van der Waals surface area contributed by atoms with Gasteiger partial charge in [-0.25, -0.2) is 9.59 Å². The Morgan fingerprint density at radius 2 is 2.00 bits per heavy atom. The summed E-state index contributed by atoms with van der Waals surface area (Å²) in [5.41, 5.74) is 5.11. The third-order valence-electron chi connectivity index (χ3n) is 5.05. The molecule has 0 aromatic carbocycles. The summed E-state index contributed by atoms with van der Waals surface area (Å²) in [5, 5.41) is 14.1. The van der Waals surface area contributed by atoms with E-state index in [4.69, 9.17) is 10.5 Å². The van der Waals surface area contributed by atoms with Crippen molar-refractivity contribution in [1.82, 2.24) is 15.5 Å². The lowest BCUT2D eigenvalue weighted by atomic mass is 10.1. The summed E-state index contributed by atoms with van der Waals surface area (Å²) in [4.78, 5) is 72.2. The van der Waals surface area contributed by atoms with Gasteiger partial charge in [-0.2, -0.15) is 0 Å². The number of rotatable bonds is 9. The molecule has 2 aliphatic rings. The number of carboxylic acids is 1. The van der Waals surface area contributed by atoms with Crippen molar-refractivity contribution in [3.05, 3.63) is 0 Å². The molecule has 2 aliphatic heterocycles. The van der Waals surface area contributed by atoms with Crippen LogP contribution in [0.5, 0.6) is 0 Å². The molecule has 0 aliphatic carbocycles. The molecule has 0 spiro atoms. The minimum atomic E-state index is -1.28. The van der Waals surface area contributed by atoms with E-state index in [-0.39, 0.29) is 38.1 Å². The van der Waals surface area contributed by atoms with Crippen molar-refractivity contribution in [3.8, 4) is 0 Å². The lowest BCUT2D eigenvalue weighted by Gasteiger charge is -2.26. The second-order valence-corrected chi connectivity index (χ2v) is 7.33. The second kappa shape index (κ2) is 10.0. The molecule has 0 aromatic heterocycles. The number of ether oxygens (including phenoxy) is 1. The van der Waals surface area contributed by atoms with Gasteiger partial charge in [0.2, 0.25) is 17.7 Å². The number of amides is 4. The third-order valence-corrected chi connectivity index (χ3v) is 5.05. The highest BCUT2D eigenvalue weighted by Crippen LogP contribution is 2.19. The summed E-state index contributed by atoms with van der Waals surface area (Å²) < 4.78 is 5.15. The fourth-order valence-electron chi connectivity index (χ4n) is 3.45. The van der Waals surface area contributed by atoms with Gasteiger partial charge in [0.1, 0.15) is 18.1 Å². The number of primary amides is 1. The molecule has 4 amide bonds. The Hall–Kier alpha value is -3.18. The Labute approximate surface area is 172 Å². The maximum Gasteiger partial charge on any atom is 0.329 e. The largest absolute Gasteiger partial charge is 0.480 e. The maximum absolute atomic E-state index is 12.6. The minimum absolute atomic E-state index is 0.150. The first-order chi connectivity index (χ1) is 14.1. The third kappa shape index (κ3) is 5.91. The van der Waals surface area contributed by atoms with Gasteiger partial charge in [0, 0.05) is 19.4 Å². The molecule has 2 saturated heterocycles. The van der Waals surface area contributed by atoms with E-state index in [1.807, 2.05) is 0 Å². The van der Waals surface area contributed by atoms with Gasteiger partial charge in [-0.15, -0.1) is 0 Å². The number of nitrogens with two attached hydrogens (primary N) is 1. The van der Waals surface area contributed by atoms with Crippen molar-refractivity contribution in [3.63, 3.8) is 0 Å². The quantitative estimate of drug-likeness (QED) is 0.306. The molecule has 0 unspecified atom stereocenters. The van der Waals surface area contributed by atoms with Crippen LogP contribution in [0.2, 0.25) is 0 Å². The van der Waals surface area contributed by atoms with Crippen molar-refractivity contribution in [2.24, 2.45) is 5.73 Å². The molecule has 0 saturated carbocycles. The molecule has 0 aromatic rings. The lowest BCUT2D eigenvalue weighted by molar-refractivity contribution is -0.163. The van der Waals surface area contributed by atoms with Crippen molar-refractivity contribution < 1.29 is 38.6 Å². The lowest BCUT2D eigenvalue weighted by Crippen LogP contribution is -2.51. The number of likely N-dealkylation sites (tertiary alicyclic amines) is 1. The van der Waals surface area contributed by atoms with Gasteiger partial charge in [-0.1, -0.05) is 0 Å². The molecule has 12 heteroatoms. The smallest absolute Gasteiger partial charge is 0.329 e. The number of esters is 1. The molecule has 2 rings (SSSR count). The first-order valence-electron chi connectivity index (χ1n) is 9.72. The van der Waals surface area contributed by atoms with Crippen LogP contribution in [0.4, 0.5) is 0 Å². The number of hydrogen-bond donors (Lipinski definition) is 4. The van der Waals surface area contributed by atoms with Crippen LogP contribution in [0.3, 0.4) is 0 Å². The predicted molar refractivity (Wildman–Crippen MR) is 99.4 cm³/mol. The van der Waals surface area contributed by atoms with Crippen molar-refractivity contribution in [2.75, 3.05) is 6.54 Å². The summed E-state index contributed by atoms with van der Waals surface area (Å²) in [6.45, 7) is 1.54. The van der Waals surface area contributed by atoms with E-state index in [2.05, 4.69) is 10.6 Å². The molecule has 0 bridgehead atoms. The highest BCUT2D eigenvalue weighted by molar-refractivity contribution is 5.94. The monoisotopic (exact) mass is 426 g/mol. The van der Waals surface area contributed by atoms with E-state index in [1.165, 1.54) is 6.92 Å². The van der Waals surface area contributed by atoms with E-state index >= 15 is 0 Å². The molecule has 12 nitrogen and oxygen atoms in total. The van der Waals surface area contributed by atoms with Crippen LogP contribution in [0.15, 0.2) is 0 Å². The van der Waals surface area contributed by atoms with Gasteiger partial charge < -0.3 is 31.1 Å². The Kier molecular flexibility index (Phi) is 7.72. The van der Waals surface area contributed by atoms with E-state index < -0.39 is 53.9 Å². The molecule has 2 heterocycles. The zero-order chi connectivity index (χ0) is 22.4. The topological polar surface area (TPSA) is 185 Å². The van der Waals surface area contributed by atoms with Crippen LogP contribution in [0, 0.1) is 0 Å². The number of carboxylic acid groups (broad SMARTS) is 1. The summed E-state index contributed by atoms with van der Waals surface area (Å²) in [6, 6.07) is -3.04. The summed E-state index contributed by atoms with van der Waals surface area (Å²) in [5.74, 6) is -4.34. The van der Waals surface area contributed by atoms with E-state index in [9.17, 15) is 33.9 Å². The van der Waals surface area contributed by atoms with Gasteiger partial charge in [-0.3, -0.25) is 19.2 Å². The van der Waals surface area contributed by atoms with Crippen LogP contribution in [-0.2, 0) is 33.5 Å². The number of nitrogens with zero attached hydrogens (tertiary/aromatic N) is 1. The Morgan fingerprint density at radius 1 is 1.30 bits per heavy atom. The normalized spacial score (nSPS) is 22.7. The van der Waals surface area contributed by atoms with Crippen molar-refractivity contribution in [1.29, 1.82) is 0 Å². The highest BCUT2D eigenvalue weighted by Gasteiger charge is 2.38. The predicted octanol–water partition coefficient (Wildman–Crippen LogP) is -1.98. The number of nitrogens with one attached hydrogen (secondary N) is 2. The van der Waals surface area contributed by atoms with Gasteiger partial charge >= 0.3 is 11.9 Å². The summed E-state index contributed by atoms with van der Waals surface area (Å²) in [6.07, 6.45) is -0.365. The number of carbonyl (C=O) groups is 6. The molecule has 30 heavy (non-hydrogen) atoms. The minimum Gasteiger partial charge on any atom is -0.480 e. The first-order valence-corrected chi connectivity index (χ1v) is 9.72. The van der Waals surface area contributed by atoms with Gasteiger partial charge in [-0.05, 0) is 32.6 Å². The Bertz CT molecular complexity index is 740. The molecule has 0 radical (unpaired) electrons. The Morgan fingerprint density at radius 3 is 2.57 bits per heavy atom. The fraction of sp³-hybridized carbons (Fsp3) is 0.667.